The molecule has 1 atom stereocenters. The smallest absolute Gasteiger partial charge is 0.232 e. The number of benzene rings is 1. The molecule has 136 valence electrons. The van der Waals surface area contributed by atoms with Gasteiger partial charge < -0.3 is 10.1 Å². The van der Waals surface area contributed by atoms with Crippen molar-refractivity contribution in [2.24, 2.45) is 0 Å². The van der Waals surface area contributed by atoms with Crippen LogP contribution < -0.4 is 10.1 Å². The third-order valence-electron chi connectivity index (χ3n) is 3.69. The van der Waals surface area contributed by atoms with Crippen LogP contribution in [0, 0.1) is 6.92 Å². The molecule has 0 radical (unpaired) electrons. The Kier molecular flexibility index (Phi) is 5.95. The lowest BCUT2D eigenvalue weighted by atomic mass is 10.2. The molecule has 1 amide bonds. The van der Waals surface area contributed by atoms with Gasteiger partial charge in [0.15, 0.2) is 5.01 Å². The summed E-state index contributed by atoms with van der Waals surface area (Å²) >= 11 is 2.85. The lowest BCUT2D eigenvalue weighted by Gasteiger charge is -2.11. The van der Waals surface area contributed by atoms with E-state index in [1.165, 1.54) is 28.2 Å². The molecule has 1 N–H and O–H groups in total. The number of aryl methyl sites for hydroxylation is 2. The summed E-state index contributed by atoms with van der Waals surface area (Å²) in [6, 6.07) is 8.01. The van der Waals surface area contributed by atoms with Crippen LogP contribution in [0.1, 0.15) is 41.2 Å². The van der Waals surface area contributed by atoms with E-state index in [9.17, 15) is 4.79 Å². The Bertz CT molecular complexity index is 873. The Morgan fingerprint density at radius 1 is 1.27 bits per heavy atom. The van der Waals surface area contributed by atoms with E-state index in [0.717, 1.165) is 22.9 Å². The van der Waals surface area contributed by atoms with Crippen LogP contribution in [0.5, 0.6) is 5.75 Å². The van der Waals surface area contributed by atoms with Crippen molar-refractivity contribution in [2.75, 3.05) is 5.32 Å². The Morgan fingerprint density at radius 3 is 2.69 bits per heavy atom. The summed E-state index contributed by atoms with van der Waals surface area (Å²) < 4.78 is 5.90. The van der Waals surface area contributed by atoms with Crippen LogP contribution in [0.3, 0.4) is 0 Å². The van der Waals surface area contributed by atoms with Gasteiger partial charge in [-0.15, -0.1) is 21.5 Å². The molecule has 0 saturated heterocycles. The molecule has 0 saturated carbocycles. The fraction of sp³-hybridized carbons (Fsp3) is 0.333. The Labute approximate surface area is 160 Å². The standard InChI is InChI=1S/C18H20N4O2S2/c1-4-13-5-7-15(8-6-13)24-11(2)17-21-22-18(26-17)20-16(23)9-14-10-25-12(3)19-14/h5-8,10-11H,4,9H2,1-3H3,(H,20,22,23). The summed E-state index contributed by atoms with van der Waals surface area (Å²) in [5.41, 5.74) is 2.03. The fourth-order valence-corrected chi connectivity index (χ4v) is 3.68. The molecule has 1 unspecified atom stereocenters. The Balaban J connectivity index is 1.56. The summed E-state index contributed by atoms with van der Waals surface area (Å²) in [6.07, 6.45) is 0.983. The van der Waals surface area contributed by atoms with E-state index in [-0.39, 0.29) is 18.4 Å². The predicted octanol–water partition coefficient (Wildman–Crippen LogP) is 4.19. The number of carbonyl (C=O) groups is 1. The van der Waals surface area contributed by atoms with Gasteiger partial charge in [-0.2, -0.15) is 0 Å². The normalized spacial score (nSPS) is 12.0. The topological polar surface area (TPSA) is 77.0 Å². The van der Waals surface area contributed by atoms with Crippen molar-refractivity contribution < 1.29 is 9.53 Å². The summed E-state index contributed by atoms with van der Waals surface area (Å²) in [4.78, 5) is 16.4. The molecule has 0 bridgehead atoms. The zero-order valence-corrected chi connectivity index (χ0v) is 16.5. The van der Waals surface area contributed by atoms with Crippen molar-refractivity contribution in [1.29, 1.82) is 0 Å². The summed E-state index contributed by atoms with van der Waals surface area (Å²) in [5.74, 6) is 0.635. The highest BCUT2D eigenvalue weighted by Crippen LogP contribution is 2.26. The molecule has 0 aliphatic heterocycles. The van der Waals surface area contributed by atoms with E-state index >= 15 is 0 Å². The number of carbonyl (C=O) groups excluding carboxylic acids is 1. The van der Waals surface area contributed by atoms with E-state index in [1.54, 1.807) is 0 Å². The average Bonchev–Trinajstić information content (AvgIpc) is 3.24. The van der Waals surface area contributed by atoms with E-state index < -0.39 is 0 Å². The summed E-state index contributed by atoms with van der Waals surface area (Å²) in [5, 5.41) is 14.9. The molecular weight excluding hydrogens is 368 g/mol. The van der Waals surface area contributed by atoms with Gasteiger partial charge in [-0.25, -0.2) is 4.98 Å². The van der Waals surface area contributed by atoms with Gasteiger partial charge in [0.25, 0.3) is 0 Å². The van der Waals surface area contributed by atoms with Gasteiger partial charge in [0.05, 0.1) is 17.1 Å². The molecule has 2 heterocycles. The third kappa shape index (κ3) is 4.86. The van der Waals surface area contributed by atoms with Gasteiger partial charge in [-0.1, -0.05) is 30.4 Å². The van der Waals surface area contributed by atoms with Crippen molar-refractivity contribution in [3.63, 3.8) is 0 Å². The molecule has 1 aromatic carbocycles. The molecule has 0 aliphatic carbocycles. The van der Waals surface area contributed by atoms with E-state index in [2.05, 4.69) is 27.4 Å². The molecule has 3 rings (SSSR count). The molecule has 0 spiro atoms. The van der Waals surface area contributed by atoms with E-state index in [1.807, 2.05) is 43.5 Å². The van der Waals surface area contributed by atoms with Gasteiger partial charge in [0.1, 0.15) is 11.9 Å². The van der Waals surface area contributed by atoms with Crippen LogP contribution in [-0.2, 0) is 17.6 Å². The highest BCUT2D eigenvalue weighted by molar-refractivity contribution is 7.15. The number of nitrogens with one attached hydrogen (secondary N) is 1. The quantitative estimate of drug-likeness (QED) is 0.657. The summed E-state index contributed by atoms with van der Waals surface area (Å²) in [7, 11) is 0. The number of hydrogen-bond donors (Lipinski definition) is 1. The van der Waals surface area contributed by atoms with Crippen LogP contribution >= 0.6 is 22.7 Å². The second-order valence-corrected chi connectivity index (χ2v) is 7.86. The monoisotopic (exact) mass is 388 g/mol. The zero-order chi connectivity index (χ0) is 18.5. The predicted molar refractivity (Wildman–Crippen MR) is 104 cm³/mol. The second-order valence-electron chi connectivity index (χ2n) is 5.79. The number of ether oxygens (including phenoxy) is 1. The lowest BCUT2D eigenvalue weighted by Crippen LogP contribution is -2.14. The number of hydrogen-bond acceptors (Lipinski definition) is 7. The summed E-state index contributed by atoms with van der Waals surface area (Å²) in [6.45, 7) is 5.95. The van der Waals surface area contributed by atoms with Crippen molar-refractivity contribution in [2.45, 2.75) is 39.7 Å². The zero-order valence-electron chi connectivity index (χ0n) is 14.9. The Hall–Kier alpha value is -2.32. The van der Waals surface area contributed by atoms with Crippen LogP contribution in [0.2, 0.25) is 0 Å². The SMILES string of the molecule is CCc1ccc(OC(C)c2nnc(NC(=O)Cc3csc(C)n3)s2)cc1. The highest BCUT2D eigenvalue weighted by Gasteiger charge is 2.16. The van der Waals surface area contributed by atoms with E-state index in [0.29, 0.717) is 10.1 Å². The maximum absolute atomic E-state index is 12.1. The van der Waals surface area contributed by atoms with Gasteiger partial charge in [0.2, 0.25) is 11.0 Å². The van der Waals surface area contributed by atoms with Gasteiger partial charge >= 0.3 is 0 Å². The maximum Gasteiger partial charge on any atom is 0.232 e. The van der Waals surface area contributed by atoms with Crippen molar-refractivity contribution in [1.82, 2.24) is 15.2 Å². The first-order chi connectivity index (χ1) is 12.5. The van der Waals surface area contributed by atoms with Crippen LogP contribution in [0.25, 0.3) is 0 Å². The number of amides is 1. The fourth-order valence-electron chi connectivity index (χ4n) is 2.33. The minimum atomic E-state index is -0.244. The maximum atomic E-state index is 12.1. The number of thiazole rings is 1. The number of aromatic nitrogens is 3. The molecule has 8 heteroatoms. The lowest BCUT2D eigenvalue weighted by molar-refractivity contribution is -0.115. The molecule has 0 aliphatic rings. The molecule has 26 heavy (non-hydrogen) atoms. The second kappa shape index (κ2) is 8.37. The minimum absolute atomic E-state index is 0.151. The number of rotatable bonds is 7. The van der Waals surface area contributed by atoms with Gasteiger partial charge in [-0.3, -0.25) is 4.79 Å². The van der Waals surface area contributed by atoms with E-state index in [4.69, 9.17) is 4.74 Å². The van der Waals surface area contributed by atoms with Crippen molar-refractivity contribution >= 4 is 33.7 Å². The van der Waals surface area contributed by atoms with Crippen molar-refractivity contribution in [3.05, 3.63) is 50.9 Å². The molecular formula is C18H20N4O2S2. The number of anilines is 1. The van der Waals surface area contributed by atoms with Crippen molar-refractivity contribution in [3.8, 4) is 5.75 Å². The largest absolute Gasteiger partial charge is 0.483 e. The first kappa shape index (κ1) is 18.5. The van der Waals surface area contributed by atoms with Gasteiger partial charge in [-0.05, 0) is 38.0 Å². The molecule has 0 fully saturated rings. The minimum Gasteiger partial charge on any atom is -0.483 e. The van der Waals surface area contributed by atoms with Crippen LogP contribution in [0.4, 0.5) is 5.13 Å². The highest BCUT2D eigenvalue weighted by atomic mass is 32.1. The Morgan fingerprint density at radius 2 is 2.04 bits per heavy atom. The third-order valence-corrected chi connectivity index (χ3v) is 5.51. The van der Waals surface area contributed by atoms with Crippen LogP contribution in [0.15, 0.2) is 29.6 Å². The molecule has 2 aromatic heterocycles. The van der Waals surface area contributed by atoms with Gasteiger partial charge in [0, 0.05) is 5.38 Å². The average molecular weight is 389 g/mol. The van der Waals surface area contributed by atoms with Crippen LogP contribution in [-0.4, -0.2) is 21.1 Å². The first-order valence-electron chi connectivity index (χ1n) is 8.33. The number of nitrogens with zero attached hydrogens (tertiary/aromatic N) is 3. The molecule has 3 aromatic rings. The first-order valence-corrected chi connectivity index (χ1v) is 10.0. The molecule has 6 nitrogen and oxygen atoms in total.